The number of aryl methyl sites for hydroxylation is 1. The third-order valence-electron chi connectivity index (χ3n) is 5.11. The van der Waals surface area contributed by atoms with Gasteiger partial charge in [0.25, 0.3) is 5.69 Å². The first-order valence-electron chi connectivity index (χ1n) is 9.44. The Kier molecular flexibility index (Phi) is 4.39. The van der Waals surface area contributed by atoms with Gasteiger partial charge in [0.15, 0.2) is 5.65 Å². The molecular weight excluding hydrogens is 401 g/mol. The minimum absolute atomic E-state index is 0.168. The molecule has 10 heteroatoms. The maximum absolute atomic E-state index is 13.9. The number of pyridine rings is 1. The molecule has 0 saturated carbocycles. The van der Waals surface area contributed by atoms with Crippen LogP contribution in [-0.2, 0) is 6.54 Å². The molecule has 31 heavy (non-hydrogen) atoms. The summed E-state index contributed by atoms with van der Waals surface area (Å²) in [6.07, 6.45) is 5.04. The van der Waals surface area contributed by atoms with Crippen molar-refractivity contribution in [3.63, 3.8) is 0 Å². The minimum atomic E-state index is -0.484. The molecule has 0 spiro atoms. The molecule has 0 aliphatic heterocycles. The van der Waals surface area contributed by atoms with Crippen LogP contribution in [0.3, 0.4) is 0 Å². The van der Waals surface area contributed by atoms with Gasteiger partial charge in [-0.15, -0.1) is 0 Å². The van der Waals surface area contributed by atoms with E-state index in [0.29, 0.717) is 23.6 Å². The largest absolute Gasteiger partial charge is 0.479 e. The molecule has 0 fully saturated rings. The van der Waals surface area contributed by atoms with E-state index in [0.717, 1.165) is 34.1 Å². The summed E-state index contributed by atoms with van der Waals surface area (Å²) in [4.78, 5) is 28.5. The molecule has 4 heterocycles. The van der Waals surface area contributed by atoms with Crippen molar-refractivity contribution in [2.75, 3.05) is 7.11 Å². The molecule has 1 N–H and O–H groups in total. The third-order valence-corrected chi connectivity index (χ3v) is 5.11. The van der Waals surface area contributed by atoms with Crippen molar-refractivity contribution in [2.24, 2.45) is 0 Å². The quantitative estimate of drug-likeness (QED) is 0.469. The number of aromatic nitrogens is 6. The Morgan fingerprint density at radius 1 is 1.16 bits per heavy atom. The van der Waals surface area contributed by atoms with Crippen molar-refractivity contribution in [1.29, 1.82) is 0 Å². The van der Waals surface area contributed by atoms with Crippen molar-refractivity contribution in [3.05, 3.63) is 71.2 Å². The Bertz CT molecular complexity index is 1460. The van der Waals surface area contributed by atoms with E-state index in [2.05, 4.69) is 19.9 Å². The van der Waals surface area contributed by atoms with E-state index < -0.39 is 5.82 Å². The van der Waals surface area contributed by atoms with E-state index in [9.17, 15) is 9.30 Å². The predicted molar refractivity (Wildman–Crippen MR) is 111 cm³/mol. The van der Waals surface area contributed by atoms with Crippen molar-refractivity contribution in [1.82, 2.24) is 29.1 Å². The fourth-order valence-electron chi connectivity index (χ4n) is 3.73. The van der Waals surface area contributed by atoms with Gasteiger partial charge < -0.3 is 13.9 Å². The van der Waals surface area contributed by atoms with E-state index >= 15 is 0 Å². The number of nitroso groups, excluding NO2 is 1. The number of hydrogen-bond donors (Lipinski definition) is 1. The number of nitrogens with one attached hydrogen (secondary N) is 1. The molecule has 4 aromatic heterocycles. The molecule has 0 amide bonds. The van der Waals surface area contributed by atoms with Crippen LogP contribution >= 0.6 is 0 Å². The van der Waals surface area contributed by atoms with Crippen molar-refractivity contribution < 1.29 is 14.3 Å². The maximum atomic E-state index is 13.9. The number of ether oxygens (including phenoxy) is 1. The summed E-state index contributed by atoms with van der Waals surface area (Å²) in [5, 5.41) is 1.74. The second kappa shape index (κ2) is 7.24. The summed E-state index contributed by atoms with van der Waals surface area (Å²) in [6.45, 7) is 2.19. The van der Waals surface area contributed by atoms with Crippen LogP contribution in [-0.4, -0.2) is 36.2 Å². The second-order valence-electron chi connectivity index (χ2n) is 7.03. The molecule has 9 nitrogen and oxygen atoms in total. The highest BCUT2D eigenvalue weighted by Crippen LogP contribution is 2.27. The highest BCUT2D eigenvalue weighted by molar-refractivity contribution is 5.83. The summed E-state index contributed by atoms with van der Waals surface area (Å²) >= 11 is 0. The average molecular weight is 418 g/mol. The fraction of sp³-hybridized carbons (Fsp3) is 0.143. The average Bonchev–Trinajstić information content (AvgIpc) is 3.34. The van der Waals surface area contributed by atoms with Crippen LogP contribution in [0, 0.1) is 17.6 Å². The SMILES string of the molecule is COc1ncnc2ccn(-c3cnc4nc(C)n(Cc5cc(F)cc([NH+]=O)c5)c4c3)c12. The molecule has 5 aromatic rings. The van der Waals surface area contributed by atoms with Gasteiger partial charge in [-0.05, 0) is 30.7 Å². The van der Waals surface area contributed by atoms with Crippen LogP contribution in [0.25, 0.3) is 27.9 Å². The van der Waals surface area contributed by atoms with E-state index in [-0.39, 0.29) is 5.69 Å². The Morgan fingerprint density at radius 3 is 2.84 bits per heavy atom. The monoisotopic (exact) mass is 418 g/mol. The molecule has 0 atom stereocenters. The number of imidazole rings is 1. The molecule has 0 aliphatic rings. The van der Waals surface area contributed by atoms with Gasteiger partial charge in [-0.3, -0.25) is 0 Å². The number of nitrogens with zero attached hydrogens (tertiary/aromatic N) is 6. The van der Waals surface area contributed by atoms with E-state index in [1.807, 2.05) is 34.4 Å². The van der Waals surface area contributed by atoms with Crippen molar-refractivity contribution in [2.45, 2.75) is 13.5 Å². The number of hydrogen-bond acceptors (Lipinski definition) is 6. The summed E-state index contributed by atoms with van der Waals surface area (Å²) in [5.41, 5.74) is 4.39. The van der Waals surface area contributed by atoms with Gasteiger partial charge in [0.1, 0.15) is 23.5 Å². The number of halogens is 1. The molecular formula is C21H17FN7O2+. The molecule has 0 bridgehead atoms. The highest BCUT2D eigenvalue weighted by Gasteiger charge is 2.15. The van der Waals surface area contributed by atoms with Gasteiger partial charge in [0.05, 0.1) is 30.0 Å². The van der Waals surface area contributed by atoms with Gasteiger partial charge in [-0.2, -0.15) is 4.98 Å². The standard InChI is InChI=1S/C21H16FN7O2/c1-12-26-20-18(29(12)10-13-5-14(22)7-15(6-13)27-30)8-16(9-23-20)28-4-3-17-19(28)21(31-2)25-11-24-17/h3-9,11H,10H2,1-2H3/p+1. The summed E-state index contributed by atoms with van der Waals surface area (Å²) in [6, 6.07) is 7.98. The smallest absolute Gasteiger partial charge is 0.256 e. The number of benzene rings is 1. The Balaban J connectivity index is 1.65. The molecule has 5 rings (SSSR count). The lowest BCUT2D eigenvalue weighted by atomic mass is 10.2. The second-order valence-corrected chi connectivity index (χ2v) is 7.03. The Morgan fingerprint density at radius 2 is 2.03 bits per heavy atom. The van der Waals surface area contributed by atoms with Crippen molar-refractivity contribution >= 4 is 27.9 Å². The van der Waals surface area contributed by atoms with E-state index in [1.54, 1.807) is 24.5 Å². The molecule has 0 radical (unpaired) electrons. The van der Waals surface area contributed by atoms with Crippen molar-refractivity contribution in [3.8, 4) is 11.6 Å². The highest BCUT2D eigenvalue weighted by atomic mass is 19.1. The maximum Gasteiger partial charge on any atom is 0.256 e. The summed E-state index contributed by atoms with van der Waals surface area (Å²) in [5.74, 6) is 0.693. The van der Waals surface area contributed by atoms with Crippen LogP contribution in [0.15, 0.2) is 49.1 Å². The van der Waals surface area contributed by atoms with Crippen LogP contribution < -0.4 is 9.91 Å². The zero-order valence-corrected chi connectivity index (χ0v) is 16.7. The zero-order valence-electron chi connectivity index (χ0n) is 16.7. The molecule has 154 valence electrons. The van der Waals surface area contributed by atoms with Gasteiger partial charge in [-0.1, -0.05) is 0 Å². The minimum Gasteiger partial charge on any atom is -0.479 e. The zero-order chi connectivity index (χ0) is 21.5. The third kappa shape index (κ3) is 3.18. The summed E-state index contributed by atoms with van der Waals surface area (Å²) < 4.78 is 23.1. The van der Waals surface area contributed by atoms with Gasteiger partial charge >= 0.3 is 0 Å². The number of methoxy groups -OCH3 is 1. The Hall–Kier alpha value is -4.21. The normalized spacial score (nSPS) is 11.3. The van der Waals surface area contributed by atoms with E-state index in [4.69, 9.17) is 4.74 Å². The van der Waals surface area contributed by atoms with E-state index in [1.165, 1.54) is 12.4 Å². The lowest BCUT2D eigenvalue weighted by Gasteiger charge is -2.10. The number of fused-ring (bicyclic) bond motifs is 2. The summed E-state index contributed by atoms with van der Waals surface area (Å²) in [7, 11) is 1.56. The lowest BCUT2D eigenvalue weighted by Crippen LogP contribution is -2.55. The molecule has 1 aromatic carbocycles. The molecule has 0 unspecified atom stereocenters. The number of rotatable bonds is 5. The van der Waals surface area contributed by atoms with Crippen LogP contribution in [0.5, 0.6) is 5.88 Å². The van der Waals surface area contributed by atoms with Crippen LogP contribution in [0.1, 0.15) is 11.4 Å². The van der Waals surface area contributed by atoms with Gasteiger partial charge in [-0.25, -0.2) is 19.3 Å². The molecule has 0 saturated heterocycles. The topological polar surface area (TPSA) is 102 Å². The van der Waals surface area contributed by atoms with Gasteiger partial charge in [0, 0.05) is 35.0 Å². The Labute approximate surface area is 175 Å². The fourth-order valence-corrected chi connectivity index (χ4v) is 3.73. The predicted octanol–water partition coefficient (Wildman–Crippen LogP) is 2.15. The van der Waals surface area contributed by atoms with Crippen LogP contribution in [0.2, 0.25) is 0 Å². The van der Waals surface area contributed by atoms with Crippen LogP contribution in [0.4, 0.5) is 10.1 Å². The van der Waals surface area contributed by atoms with Gasteiger partial charge in [0.2, 0.25) is 5.88 Å². The lowest BCUT2D eigenvalue weighted by molar-refractivity contribution is -0.379. The first kappa shape index (κ1) is 18.8. The first-order valence-corrected chi connectivity index (χ1v) is 9.44. The first-order chi connectivity index (χ1) is 15.1. The molecule has 0 aliphatic carbocycles.